The Morgan fingerprint density at radius 3 is 2.63 bits per heavy atom. The predicted molar refractivity (Wildman–Crippen MR) is 162 cm³/mol. The summed E-state index contributed by atoms with van der Waals surface area (Å²) in [6, 6.07) is 18.4. The Morgan fingerprint density at radius 2 is 1.90 bits per heavy atom. The second-order valence-electron chi connectivity index (χ2n) is 10.6. The van der Waals surface area contributed by atoms with Gasteiger partial charge in [0, 0.05) is 49.5 Å². The van der Waals surface area contributed by atoms with Crippen LogP contribution in [0.4, 0.5) is 5.69 Å². The maximum Gasteiger partial charge on any atom is 0.251 e. The van der Waals surface area contributed by atoms with Crippen LogP contribution in [0.2, 0.25) is 0 Å². The van der Waals surface area contributed by atoms with Crippen LogP contribution in [0.15, 0.2) is 66.9 Å². The Kier molecular flexibility index (Phi) is 8.44. The number of aliphatic hydroxyl groups is 1. The van der Waals surface area contributed by atoms with Crippen LogP contribution in [0.5, 0.6) is 0 Å². The molecule has 2 aromatic heterocycles. The number of benzene rings is 2. The number of nitrogens with zero attached hydrogens (tertiary/aromatic N) is 3. The summed E-state index contributed by atoms with van der Waals surface area (Å²) in [4.78, 5) is 18.2. The predicted octanol–water partition coefficient (Wildman–Crippen LogP) is 3.18. The Morgan fingerprint density at radius 1 is 1.12 bits per heavy atom. The zero-order valence-electron chi connectivity index (χ0n) is 23.7. The first kappa shape index (κ1) is 28.8. The van der Waals surface area contributed by atoms with Gasteiger partial charge in [0.2, 0.25) is 10.0 Å². The molecule has 9 nitrogen and oxygen atoms in total. The van der Waals surface area contributed by atoms with Crippen molar-refractivity contribution in [1.29, 1.82) is 0 Å². The van der Waals surface area contributed by atoms with Crippen molar-refractivity contribution in [3.05, 3.63) is 94.9 Å². The molecule has 2 aromatic carbocycles. The Bertz CT molecular complexity index is 1650. The molecule has 1 aliphatic heterocycles. The number of aryl methyl sites for hydroxylation is 3. The molecule has 0 unspecified atom stereocenters. The molecular formula is C31H37N5O4S. The fourth-order valence-electron chi connectivity index (χ4n) is 5.44. The summed E-state index contributed by atoms with van der Waals surface area (Å²) >= 11 is 0. The van der Waals surface area contributed by atoms with Crippen LogP contribution in [0.1, 0.15) is 39.8 Å². The Hall–Kier alpha value is -3.73. The number of rotatable bonds is 10. The van der Waals surface area contributed by atoms with E-state index in [4.69, 9.17) is 0 Å². The highest BCUT2D eigenvalue weighted by atomic mass is 32.2. The number of sulfonamides is 1. The van der Waals surface area contributed by atoms with E-state index in [1.807, 2.05) is 74.6 Å². The molecule has 0 fully saturated rings. The lowest BCUT2D eigenvalue weighted by molar-refractivity contribution is 0.0830. The van der Waals surface area contributed by atoms with Gasteiger partial charge in [0.05, 0.1) is 34.8 Å². The molecule has 0 spiro atoms. The summed E-state index contributed by atoms with van der Waals surface area (Å²) in [5.41, 5.74) is 5.40. The third-order valence-corrected chi connectivity index (χ3v) is 9.46. The molecule has 10 heteroatoms. The van der Waals surface area contributed by atoms with E-state index in [0.29, 0.717) is 37.2 Å². The largest absolute Gasteiger partial charge is 0.390 e. The summed E-state index contributed by atoms with van der Waals surface area (Å²) in [7, 11) is -1.98. The molecule has 41 heavy (non-hydrogen) atoms. The van der Waals surface area contributed by atoms with Crippen LogP contribution in [-0.4, -0.2) is 60.5 Å². The number of aromatic nitrogens is 2. The number of nitrogens with one attached hydrogen (secondary N) is 2. The second kappa shape index (κ2) is 12.0. The summed E-state index contributed by atoms with van der Waals surface area (Å²) in [5, 5.41) is 18.4. The zero-order chi connectivity index (χ0) is 29.1. The Labute approximate surface area is 241 Å². The number of hydrogen-bond donors (Lipinski definition) is 3. The summed E-state index contributed by atoms with van der Waals surface area (Å²) < 4.78 is 29.2. The van der Waals surface area contributed by atoms with E-state index < -0.39 is 22.2 Å². The van der Waals surface area contributed by atoms with Crippen LogP contribution in [-0.2, 0) is 36.0 Å². The Balaban J connectivity index is 1.42. The number of anilines is 1. The van der Waals surface area contributed by atoms with Gasteiger partial charge >= 0.3 is 0 Å². The highest BCUT2D eigenvalue weighted by molar-refractivity contribution is 7.92. The number of amides is 1. The maximum absolute atomic E-state index is 13.7. The molecule has 0 bridgehead atoms. The maximum atomic E-state index is 13.7. The monoisotopic (exact) mass is 575 g/mol. The van der Waals surface area contributed by atoms with Crippen molar-refractivity contribution < 1.29 is 18.3 Å². The van der Waals surface area contributed by atoms with Gasteiger partial charge in [-0.05, 0) is 62.1 Å². The van der Waals surface area contributed by atoms with Gasteiger partial charge in [-0.3, -0.25) is 14.1 Å². The SMILES string of the molecule is CCn1cc2c3c(cc(C(=O)N[C@@H](Cc4ccccc4)[C@H](O)CNCc4cccc(C)n4)cc31)N(C)S(=O)(=O)CC2. The van der Waals surface area contributed by atoms with Crippen LogP contribution in [0.25, 0.3) is 10.9 Å². The van der Waals surface area contributed by atoms with Gasteiger partial charge < -0.3 is 20.3 Å². The summed E-state index contributed by atoms with van der Waals surface area (Å²) in [5.74, 6) is -0.359. The van der Waals surface area contributed by atoms with Gasteiger partial charge in [-0.25, -0.2) is 8.42 Å². The summed E-state index contributed by atoms with van der Waals surface area (Å²) in [6.45, 7) is 5.38. The van der Waals surface area contributed by atoms with Crippen molar-refractivity contribution in [3.8, 4) is 0 Å². The molecule has 216 valence electrons. The lowest BCUT2D eigenvalue weighted by atomic mass is 10.00. The smallest absolute Gasteiger partial charge is 0.251 e. The van der Waals surface area contributed by atoms with Crippen LogP contribution in [0, 0.1) is 6.92 Å². The normalized spacial score (nSPS) is 15.9. The standard InChI is InChI=1S/C31H37N5O4S/c1-4-36-20-23-13-14-41(39,40)35(3)27-16-24(17-28(36)30(23)27)31(38)34-26(15-22-10-6-5-7-11-22)29(37)19-32-18-25-12-8-9-21(2)33-25/h5-12,16-17,20,26,29,32,37H,4,13-15,18-19H2,1-3H3,(H,34,38)/t26-,29+/m0/s1. The average Bonchev–Trinajstić information content (AvgIpc) is 3.29. The topological polar surface area (TPSA) is 117 Å². The third-order valence-electron chi connectivity index (χ3n) is 7.71. The van der Waals surface area contributed by atoms with Gasteiger partial charge in [0.1, 0.15) is 0 Å². The molecule has 1 aliphatic rings. The zero-order valence-corrected chi connectivity index (χ0v) is 24.5. The van der Waals surface area contributed by atoms with Crippen molar-refractivity contribution in [2.45, 2.75) is 51.9 Å². The van der Waals surface area contributed by atoms with Gasteiger partial charge in [-0.2, -0.15) is 0 Å². The number of carbonyl (C=O) groups excluding carboxylic acids is 1. The van der Waals surface area contributed by atoms with E-state index in [1.165, 1.54) is 4.31 Å². The van der Waals surface area contributed by atoms with Crippen molar-refractivity contribution in [1.82, 2.24) is 20.2 Å². The second-order valence-corrected chi connectivity index (χ2v) is 12.7. The number of aliphatic hydroxyl groups excluding tert-OH is 1. The molecule has 0 aliphatic carbocycles. The minimum absolute atomic E-state index is 0.0128. The molecule has 4 aromatic rings. The van der Waals surface area contributed by atoms with E-state index in [2.05, 4.69) is 20.2 Å². The minimum Gasteiger partial charge on any atom is -0.390 e. The molecule has 3 N–H and O–H groups in total. The summed E-state index contributed by atoms with van der Waals surface area (Å²) in [6.07, 6.45) is 1.95. The van der Waals surface area contributed by atoms with Gasteiger partial charge in [0.25, 0.3) is 5.91 Å². The molecule has 2 atom stereocenters. The van der Waals surface area contributed by atoms with Gasteiger partial charge in [0.15, 0.2) is 0 Å². The lowest BCUT2D eigenvalue weighted by Gasteiger charge is -2.25. The number of hydrogen-bond acceptors (Lipinski definition) is 6. The highest BCUT2D eigenvalue weighted by Crippen LogP contribution is 2.37. The molecule has 1 amide bonds. The first-order valence-electron chi connectivity index (χ1n) is 13.9. The number of carbonyl (C=O) groups is 1. The van der Waals surface area contributed by atoms with Crippen LogP contribution < -0.4 is 14.9 Å². The molecule has 0 radical (unpaired) electrons. The fraction of sp³-hybridized carbons (Fsp3) is 0.355. The van der Waals surface area contributed by atoms with Crippen molar-refractivity contribution in [2.24, 2.45) is 0 Å². The minimum atomic E-state index is -3.52. The molecule has 0 saturated carbocycles. The third kappa shape index (κ3) is 6.29. The van der Waals surface area contributed by atoms with Crippen molar-refractivity contribution in [3.63, 3.8) is 0 Å². The molecule has 5 rings (SSSR count). The number of pyridine rings is 1. The van der Waals surface area contributed by atoms with Crippen LogP contribution >= 0.6 is 0 Å². The van der Waals surface area contributed by atoms with Crippen molar-refractivity contribution in [2.75, 3.05) is 23.7 Å². The average molecular weight is 576 g/mol. The quantitative estimate of drug-likeness (QED) is 0.268. The molecule has 0 saturated heterocycles. The van der Waals surface area contributed by atoms with E-state index >= 15 is 0 Å². The van der Waals surface area contributed by atoms with Crippen molar-refractivity contribution >= 4 is 32.5 Å². The van der Waals surface area contributed by atoms with Gasteiger partial charge in [-0.15, -0.1) is 0 Å². The van der Waals surface area contributed by atoms with E-state index in [0.717, 1.165) is 33.4 Å². The molecular weight excluding hydrogens is 538 g/mol. The first-order valence-corrected chi connectivity index (χ1v) is 15.6. The van der Waals surface area contributed by atoms with Gasteiger partial charge in [-0.1, -0.05) is 36.4 Å². The van der Waals surface area contributed by atoms with E-state index in [9.17, 15) is 18.3 Å². The fourth-order valence-corrected chi connectivity index (χ4v) is 6.63. The molecule has 3 heterocycles. The lowest BCUT2D eigenvalue weighted by Crippen LogP contribution is -2.48. The first-order chi connectivity index (χ1) is 19.7. The van der Waals surface area contributed by atoms with E-state index in [1.54, 1.807) is 13.1 Å². The highest BCUT2D eigenvalue weighted by Gasteiger charge is 2.29. The van der Waals surface area contributed by atoms with Crippen LogP contribution in [0.3, 0.4) is 0 Å². The van der Waals surface area contributed by atoms with E-state index in [-0.39, 0.29) is 18.2 Å².